The molecule has 0 radical (unpaired) electrons. The van der Waals surface area contributed by atoms with Crippen LogP contribution in [0.2, 0.25) is 5.02 Å². The Morgan fingerprint density at radius 3 is 2.87 bits per heavy atom. The lowest BCUT2D eigenvalue weighted by molar-refractivity contribution is 0.669. The molecule has 5 heteroatoms. The van der Waals surface area contributed by atoms with E-state index in [2.05, 4.69) is 9.97 Å². The first-order valence-electron chi connectivity index (χ1n) is 7.84. The smallest absolute Gasteiger partial charge is 0.263 e. The van der Waals surface area contributed by atoms with Crippen LogP contribution in [0.25, 0.3) is 11.0 Å². The van der Waals surface area contributed by atoms with Gasteiger partial charge in [-0.2, -0.15) is 0 Å². The standard InChI is InChI=1S/C18H16ClN3O/c19-15-7-3-1-6-13(15)10-22-11-20-17-14(18(22)23)9-12-5-2-4-8-16(12)21-17/h1,3,6-7,9,11H,2,4-5,8,10H2. The molecule has 4 rings (SSSR count). The summed E-state index contributed by atoms with van der Waals surface area (Å²) in [5.41, 5.74) is 3.68. The SMILES string of the molecule is O=c1c2cc3c(nc2ncn1Cc1ccccc1Cl)CCCC3. The van der Waals surface area contributed by atoms with Gasteiger partial charge in [-0.25, -0.2) is 9.97 Å². The van der Waals surface area contributed by atoms with Gasteiger partial charge in [-0.3, -0.25) is 9.36 Å². The highest BCUT2D eigenvalue weighted by Gasteiger charge is 2.15. The second kappa shape index (κ2) is 5.78. The van der Waals surface area contributed by atoms with Gasteiger partial charge >= 0.3 is 0 Å². The highest BCUT2D eigenvalue weighted by Crippen LogP contribution is 2.22. The largest absolute Gasteiger partial charge is 0.294 e. The Balaban J connectivity index is 1.81. The maximum absolute atomic E-state index is 12.8. The maximum Gasteiger partial charge on any atom is 0.263 e. The van der Waals surface area contributed by atoms with E-state index in [1.54, 1.807) is 10.9 Å². The zero-order chi connectivity index (χ0) is 15.8. The number of fused-ring (bicyclic) bond motifs is 2. The molecule has 1 aliphatic carbocycles. The van der Waals surface area contributed by atoms with Gasteiger partial charge in [0, 0.05) is 10.7 Å². The fraction of sp³-hybridized carbons (Fsp3) is 0.278. The van der Waals surface area contributed by atoms with Gasteiger partial charge in [0.2, 0.25) is 0 Å². The van der Waals surface area contributed by atoms with Crippen LogP contribution in [-0.4, -0.2) is 14.5 Å². The van der Waals surface area contributed by atoms with Crippen molar-refractivity contribution in [2.24, 2.45) is 0 Å². The van der Waals surface area contributed by atoms with Crippen LogP contribution in [0.3, 0.4) is 0 Å². The van der Waals surface area contributed by atoms with Crippen molar-refractivity contribution in [3.8, 4) is 0 Å². The molecule has 2 heterocycles. The Morgan fingerprint density at radius 2 is 2.00 bits per heavy atom. The summed E-state index contributed by atoms with van der Waals surface area (Å²) in [5, 5.41) is 1.25. The van der Waals surface area contributed by atoms with E-state index in [-0.39, 0.29) is 5.56 Å². The number of pyridine rings is 1. The normalized spacial score (nSPS) is 14.0. The van der Waals surface area contributed by atoms with Crippen LogP contribution in [0.5, 0.6) is 0 Å². The Hall–Kier alpha value is -2.20. The number of benzene rings is 1. The first-order chi connectivity index (χ1) is 11.2. The number of halogens is 1. The number of hydrogen-bond acceptors (Lipinski definition) is 3. The third kappa shape index (κ3) is 2.63. The summed E-state index contributed by atoms with van der Waals surface area (Å²) >= 11 is 6.19. The highest BCUT2D eigenvalue weighted by atomic mass is 35.5. The van der Waals surface area contributed by atoms with Gasteiger partial charge in [-0.05, 0) is 48.9 Å². The molecule has 0 atom stereocenters. The van der Waals surface area contributed by atoms with Crippen LogP contribution in [-0.2, 0) is 19.4 Å². The fourth-order valence-electron chi connectivity index (χ4n) is 3.13. The second-order valence-electron chi connectivity index (χ2n) is 5.94. The average Bonchev–Trinajstić information content (AvgIpc) is 2.58. The van der Waals surface area contributed by atoms with Crippen LogP contribution < -0.4 is 5.56 Å². The van der Waals surface area contributed by atoms with Crippen molar-refractivity contribution in [2.75, 3.05) is 0 Å². The van der Waals surface area contributed by atoms with Gasteiger partial charge in [0.1, 0.15) is 6.33 Å². The molecular weight excluding hydrogens is 310 g/mol. The van der Waals surface area contributed by atoms with Gasteiger partial charge in [-0.1, -0.05) is 29.8 Å². The molecule has 0 bridgehead atoms. The predicted octanol–water partition coefficient (Wildman–Crippen LogP) is 3.37. The van der Waals surface area contributed by atoms with Crippen molar-refractivity contribution in [3.05, 3.63) is 68.9 Å². The average molecular weight is 326 g/mol. The van der Waals surface area contributed by atoms with Gasteiger partial charge in [0.25, 0.3) is 5.56 Å². The van der Waals surface area contributed by atoms with Gasteiger partial charge < -0.3 is 0 Å². The summed E-state index contributed by atoms with van der Waals surface area (Å²) in [4.78, 5) is 21.7. The number of hydrogen-bond donors (Lipinski definition) is 0. The van der Waals surface area contributed by atoms with E-state index >= 15 is 0 Å². The third-order valence-electron chi connectivity index (χ3n) is 4.39. The number of aromatic nitrogens is 3. The minimum Gasteiger partial charge on any atom is -0.294 e. The Morgan fingerprint density at radius 1 is 1.17 bits per heavy atom. The molecule has 0 fully saturated rings. The second-order valence-corrected chi connectivity index (χ2v) is 6.35. The molecule has 116 valence electrons. The summed E-state index contributed by atoms with van der Waals surface area (Å²) in [6.07, 6.45) is 5.87. The van der Waals surface area contributed by atoms with Gasteiger partial charge in [0.05, 0.1) is 11.9 Å². The zero-order valence-electron chi connectivity index (χ0n) is 12.6. The van der Waals surface area contributed by atoms with E-state index in [0.29, 0.717) is 22.6 Å². The van der Waals surface area contributed by atoms with Crippen molar-refractivity contribution < 1.29 is 0 Å². The maximum atomic E-state index is 12.8. The Labute approximate surface area is 138 Å². The van der Waals surface area contributed by atoms with Crippen molar-refractivity contribution in [1.29, 1.82) is 0 Å². The van der Waals surface area contributed by atoms with Crippen LogP contribution in [0.1, 0.15) is 29.7 Å². The quantitative estimate of drug-likeness (QED) is 0.725. The molecule has 2 aromatic heterocycles. The van der Waals surface area contributed by atoms with E-state index in [1.165, 1.54) is 5.56 Å². The molecular formula is C18H16ClN3O. The lowest BCUT2D eigenvalue weighted by atomic mass is 9.95. The topological polar surface area (TPSA) is 47.8 Å². The zero-order valence-corrected chi connectivity index (χ0v) is 13.4. The lowest BCUT2D eigenvalue weighted by Gasteiger charge is -2.15. The molecule has 3 aromatic rings. The van der Waals surface area contributed by atoms with Gasteiger partial charge in [-0.15, -0.1) is 0 Å². The molecule has 0 aliphatic heterocycles. The first-order valence-corrected chi connectivity index (χ1v) is 8.21. The third-order valence-corrected chi connectivity index (χ3v) is 4.76. The molecule has 0 N–H and O–H groups in total. The number of nitrogens with zero attached hydrogens (tertiary/aromatic N) is 3. The number of rotatable bonds is 2. The van der Waals surface area contributed by atoms with Crippen LogP contribution in [0, 0.1) is 0 Å². The van der Waals surface area contributed by atoms with E-state index in [1.807, 2.05) is 30.3 Å². The molecule has 0 unspecified atom stereocenters. The summed E-state index contributed by atoms with van der Waals surface area (Å²) in [6, 6.07) is 9.52. The predicted molar refractivity (Wildman–Crippen MR) is 91.0 cm³/mol. The number of aryl methyl sites for hydroxylation is 2. The molecule has 0 saturated heterocycles. The van der Waals surface area contributed by atoms with E-state index in [9.17, 15) is 4.79 Å². The van der Waals surface area contributed by atoms with Crippen molar-refractivity contribution >= 4 is 22.6 Å². The van der Waals surface area contributed by atoms with Crippen molar-refractivity contribution in [2.45, 2.75) is 32.2 Å². The minimum atomic E-state index is -0.0595. The first kappa shape index (κ1) is 14.4. The minimum absolute atomic E-state index is 0.0595. The summed E-state index contributed by atoms with van der Waals surface area (Å²) in [7, 11) is 0. The summed E-state index contributed by atoms with van der Waals surface area (Å²) in [5.74, 6) is 0. The summed E-state index contributed by atoms with van der Waals surface area (Å²) in [6.45, 7) is 0.415. The fourth-order valence-corrected chi connectivity index (χ4v) is 3.33. The molecule has 0 spiro atoms. The summed E-state index contributed by atoms with van der Waals surface area (Å²) < 4.78 is 1.60. The Bertz CT molecular complexity index is 949. The molecule has 0 saturated carbocycles. The van der Waals surface area contributed by atoms with E-state index < -0.39 is 0 Å². The van der Waals surface area contributed by atoms with E-state index in [4.69, 9.17) is 11.6 Å². The van der Waals surface area contributed by atoms with Crippen LogP contribution in [0.4, 0.5) is 0 Å². The molecule has 4 nitrogen and oxygen atoms in total. The lowest BCUT2D eigenvalue weighted by Crippen LogP contribution is -2.22. The molecule has 0 amide bonds. The highest BCUT2D eigenvalue weighted by molar-refractivity contribution is 6.31. The van der Waals surface area contributed by atoms with Crippen molar-refractivity contribution in [1.82, 2.24) is 14.5 Å². The van der Waals surface area contributed by atoms with Crippen molar-refractivity contribution in [3.63, 3.8) is 0 Å². The molecule has 23 heavy (non-hydrogen) atoms. The van der Waals surface area contributed by atoms with Crippen LogP contribution in [0.15, 0.2) is 41.5 Å². The Kier molecular flexibility index (Phi) is 3.62. The molecule has 1 aromatic carbocycles. The van der Waals surface area contributed by atoms with Gasteiger partial charge in [0.15, 0.2) is 5.65 Å². The molecule has 1 aliphatic rings. The monoisotopic (exact) mass is 325 g/mol. The van der Waals surface area contributed by atoms with Crippen LogP contribution >= 0.6 is 11.6 Å². The van der Waals surface area contributed by atoms with E-state index in [0.717, 1.165) is 36.9 Å².